The normalized spacial score (nSPS) is 23.6. The molecule has 1 aromatic heterocycles. The fraction of sp³-hybridized carbons (Fsp3) is 0.444. The van der Waals surface area contributed by atoms with Crippen molar-refractivity contribution in [3.05, 3.63) is 58.9 Å². The molecule has 2 bridgehead atoms. The Labute approximate surface area is 204 Å². The summed E-state index contributed by atoms with van der Waals surface area (Å²) in [5, 5.41) is 3.50. The lowest BCUT2D eigenvalue weighted by Gasteiger charge is -2.48. The lowest BCUT2D eigenvalue weighted by atomic mass is 9.73. The van der Waals surface area contributed by atoms with Crippen molar-refractivity contribution in [2.24, 2.45) is 5.41 Å². The van der Waals surface area contributed by atoms with Gasteiger partial charge in [-0.05, 0) is 88.4 Å². The Bertz CT molecular complexity index is 1120. The number of fused-ring (bicyclic) bond motifs is 3. The van der Waals surface area contributed by atoms with Crippen LogP contribution < -0.4 is 5.32 Å². The first-order chi connectivity index (χ1) is 16.6. The monoisotopic (exact) mass is 477 g/mol. The Morgan fingerprint density at radius 2 is 1.97 bits per heavy atom. The highest BCUT2D eigenvalue weighted by Gasteiger charge is 2.40. The number of carbonyl (C=O) groups is 2. The van der Waals surface area contributed by atoms with Crippen LogP contribution in [0.2, 0.25) is 0 Å². The number of ketones is 2. The van der Waals surface area contributed by atoms with Crippen LogP contribution in [0.15, 0.2) is 53.4 Å². The van der Waals surface area contributed by atoms with Crippen LogP contribution in [0.5, 0.6) is 0 Å². The van der Waals surface area contributed by atoms with Gasteiger partial charge in [0.25, 0.3) is 0 Å². The quantitative estimate of drug-likeness (QED) is 0.224. The van der Waals surface area contributed by atoms with Crippen LogP contribution in [0.4, 0.5) is 5.82 Å². The molecular formula is C27H31N3O3S. The highest BCUT2D eigenvalue weighted by molar-refractivity contribution is 7.13. The molecule has 6 nitrogen and oxygen atoms in total. The van der Waals surface area contributed by atoms with E-state index >= 15 is 0 Å². The largest absolute Gasteiger partial charge is 0.478 e. The van der Waals surface area contributed by atoms with Crippen molar-refractivity contribution in [2.75, 3.05) is 31.6 Å². The van der Waals surface area contributed by atoms with Crippen molar-refractivity contribution in [1.82, 2.24) is 9.88 Å². The van der Waals surface area contributed by atoms with Gasteiger partial charge in [-0.1, -0.05) is 24.3 Å². The minimum Gasteiger partial charge on any atom is -0.478 e. The average molecular weight is 478 g/mol. The van der Waals surface area contributed by atoms with E-state index in [0.29, 0.717) is 11.0 Å². The number of allylic oxidation sites excluding steroid dienone is 3. The third-order valence-corrected chi connectivity index (χ3v) is 8.28. The molecular weight excluding hydrogens is 446 g/mol. The first-order valence-corrected chi connectivity index (χ1v) is 13.0. The Hall–Kier alpha value is -2.77. The molecule has 1 saturated carbocycles. The number of carbonyl (C=O) groups excluding carboxylic acids is 2. The Morgan fingerprint density at radius 3 is 2.65 bits per heavy atom. The topological polar surface area (TPSA) is 71.5 Å². The molecule has 1 N–H and O–H groups in total. The van der Waals surface area contributed by atoms with Gasteiger partial charge in [-0.3, -0.25) is 9.59 Å². The summed E-state index contributed by atoms with van der Waals surface area (Å²) in [6.45, 7) is 6.03. The summed E-state index contributed by atoms with van der Waals surface area (Å²) in [5.41, 5.74) is 4.67. The number of rotatable bonds is 9. The molecule has 0 radical (unpaired) electrons. The van der Waals surface area contributed by atoms with Gasteiger partial charge in [-0.25, -0.2) is 4.98 Å². The van der Waals surface area contributed by atoms with Gasteiger partial charge in [0.1, 0.15) is 0 Å². The molecule has 0 amide bonds. The van der Waals surface area contributed by atoms with E-state index in [9.17, 15) is 9.59 Å². The van der Waals surface area contributed by atoms with E-state index < -0.39 is 11.6 Å². The molecule has 0 atom stereocenters. The van der Waals surface area contributed by atoms with Crippen LogP contribution in [0.25, 0.3) is 10.4 Å². The predicted octanol–water partition coefficient (Wildman–Crippen LogP) is 5.45. The molecule has 0 unspecified atom stereocenters. The number of aromatic nitrogens is 1. The zero-order valence-electron chi connectivity index (χ0n) is 19.6. The third kappa shape index (κ3) is 4.72. The standard InChI is InChI=1S/C27H31N3O3S/c1-2-5-22(31)23(32)20-8-4-9-21(16-20)24-25(28-18-34-24)29-26(19-6-3-7-19)33-17-27-10-13-30(14-11-27)15-12-27/h2,4-5,8-9,16,18,29H,3,6-7,10-15,17H2,1H3/b5-2+. The van der Waals surface area contributed by atoms with Gasteiger partial charge in [0.2, 0.25) is 11.6 Å². The third-order valence-electron chi connectivity index (χ3n) is 7.40. The second-order valence-electron chi connectivity index (χ2n) is 9.60. The molecule has 2 aromatic rings. The molecule has 7 heteroatoms. The number of ether oxygens (including phenoxy) is 1. The van der Waals surface area contributed by atoms with E-state index in [1.54, 1.807) is 30.6 Å². The number of thiazole rings is 1. The number of hydrogen-bond acceptors (Lipinski definition) is 7. The predicted molar refractivity (Wildman–Crippen MR) is 135 cm³/mol. The minimum absolute atomic E-state index is 0.297. The summed E-state index contributed by atoms with van der Waals surface area (Å²) in [6, 6.07) is 7.21. The van der Waals surface area contributed by atoms with Crippen molar-refractivity contribution in [3.8, 4) is 10.4 Å². The molecule has 34 heavy (non-hydrogen) atoms. The first kappa shape index (κ1) is 23.0. The van der Waals surface area contributed by atoms with E-state index in [-0.39, 0.29) is 0 Å². The maximum Gasteiger partial charge on any atom is 0.232 e. The smallest absolute Gasteiger partial charge is 0.232 e. The second-order valence-corrected chi connectivity index (χ2v) is 10.5. The summed E-state index contributed by atoms with van der Waals surface area (Å²) >= 11 is 1.51. The molecule has 3 saturated heterocycles. The highest BCUT2D eigenvalue weighted by Crippen LogP contribution is 2.42. The molecule has 0 spiro atoms. The van der Waals surface area contributed by atoms with Gasteiger partial charge in [0, 0.05) is 11.0 Å². The molecule has 178 valence electrons. The lowest BCUT2D eigenvalue weighted by Crippen LogP contribution is -2.50. The van der Waals surface area contributed by atoms with Crippen molar-refractivity contribution in [1.29, 1.82) is 0 Å². The maximum absolute atomic E-state index is 12.5. The summed E-state index contributed by atoms with van der Waals surface area (Å²) < 4.78 is 6.50. The minimum atomic E-state index is -0.513. The summed E-state index contributed by atoms with van der Waals surface area (Å²) in [7, 11) is 0. The van der Waals surface area contributed by atoms with Gasteiger partial charge < -0.3 is 15.0 Å². The van der Waals surface area contributed by atoms with Gasteiger partial charge >= 0.3 is 0 Å². The van der Waals surface area contributed by atoms with E-state index in [1.165, 1.54) is 68.3 Å². The molecule has 4 fully saturated rings. The number of benzene rings is 1. The maximum atomic E-state index is 12.5. The van der Waals surface area contributed by atoms with Crippen LogP contribution in [-0.2, 0) is 9.53 Å². The number of nitrogens with one attached hydrogen (secondary N) is 1. The van der Waals surface area contributed by atoms with Crippen LogP contribution in [0.1, 0.15) is 55.8 Å². The zero-order chi connectivity index (χ0) is 23.5. The number of Topliss-reactive ketones (excluding diaryl/α,β-unsaturated/α-hetero) is 1. The van der Waals surface area contributed by atoms with Crippen LogP contribution in [-0.4, -0.2) is 47.7 Å². The van der Waals surface area contributed by atoms with Crippen LogP contribution >= 0.6 is 11.3 Å². The van der Waals surface area contributed by atoms with Gasteiger partial charge in [0.15, 0.2) is 11.7 Å². The van der Waals surface area contributed by atoms with Crippen LogP contribution in [0, 0.1) is 5.41 Å². The number of anilines is 1. The highest BCUT2D eigenvalue weighted by atomic mass is 32.1. The average Bonchev–Trinajstić information content (AvgIpc) is 3.30. The summed E-state index contributed by atoms with van der Waals surface area (Å²) in [5.74, 6) is 0.578. The molecule has 6 rings (SSSR count). The molecule has 4 aliphatic rings. The van der Waals surface area contributed by atoms with E-state index in [2.05, 4.69) is 15.2 Å². The first-order valence-electron chi connectivity index (χ1n) is 12.2. The van der Waals surface area contributed by atoms with Crippen molar-refractivity contribution in [2.45, 2.75) is 45.4 Å². The zero-order valence-corrected chi connectivity index (χ0v) is 20.5. The Balaban J connectivity index is 1.34. The van der Waals surface area contributed by atoms with Gasteiger partial charge in [0.05, 0.1) is 17.0 Å². The Morgan fingerprint density at radius 1 is 1.21 bits per heavy atom. The molecule has 1 aromatic carbocycles. The van der Waals surface area contributed by atoms with Gasteiger partial charge in [-0.2, -0.15) is 0 Å². The summed E-state index contributed by atoms with van der Waals surface area (Å²) in [6.07, 6.45) is 9.83. The molecule has 1 aliphatic carbocycles. The van der Waals surface area contributed by atoms with E-state index in [0.717, 1.165) is 41.6 Å². The van der Waals surface area contributed by atoms with E-state index in [1.807, 2.05) is 12.1 Å². The molecule has 4 heterocycles. The lowest BCUT2D eigenvalue weighted by molar-refractivity contribution is -0.110. The number of hydrogen-bond donors (Lipinski definition) is 1. The fourth-order valence-corrected chi connectivity index (χ4v) is 5.71. The second kappa shape index (κ2) is 9.84. The summed E-state index contributed by atoms with van der Waals surface area (Å²) in [4.78, 5) is 32.6. The number of nitrogens with zero attached hydrogens (tertiary/aromatic N) is 2. The fourth-order valence-electron chi connectivity index (χ4n) is 4.96. The molecule has 3 aliphatic heterocycles. The van der Waals surface area contributed by atoms with Gasteiger partial charge in [-0.15, -0.1) is 11.3 Å². The van der Waals surface area contributed by atoms with E-state index in [4.69, 9.17) is 4.74 Å². The van der Waals surface area contributed by atoms with Crippen molar-refractivity contribution < 1.29 is 14.3 Å². The number of piperidine rings is 3. The van der Waals surface area contributed by atoms with Crippen LogP contribution in [0.3, 0.4) is 0 Å². The SMILES string of the molecule is C/C=C/C(=O)C(=O)c1cccc(-c2scnc2NC(OCC23CCN(CC2)CC3)=C2CCC2)c1. The Kier molecular flexibility index (Phi) is 6.66. The van der Waals surface area contributed by atoms with Crippen molar-refractivity contribution >= 4 is 28.7 Å². The van der Waals surface area contributed by atoms with Crippen molar-refractivity contribution in [3.63, 3.8) is 0 Å².